The van der Waals surface area contributed by atoms with E-state index in [1.54, 1.807) is 0 Å². The molecule has 6 nitrogen and oxygen atoms in total. The first-order valence-corrected chi connectivity index (χ1v) is 8.77. The molecule has 1 spiro atoms. The second kappa shape index (κ2) is 4.30. The van der Waals surface area contributed by atoms with Crippen molar-refractivity contribution in [1.82, 2.24) is 19.6 Å². The third kappa shape index (κ3) is 1.66. The topological polar surface area (TPSA) is 68.7 Å². The third-order valence-corrected chi connectivity index (χ3v) is 6.32. The molecule has 0 bridgehead atoms. The van der Waals surface area contributed by atoms with E-state index in [1.807, 2.05) is 28.0 Å². The lowest BCUT2D eigenvalue weighted by atomic mass is 9.93. The summed E-state index contributed by atoms with van der Waals surface area (Å²) in [5.74, 6) is 0. The van der Waals surface area contributed by atoms with Crippen molar-refractivity contribution in [2.75, 3.05) is 13.2 Å². The number of fused-ring (bicyclic) bond motifs is 1. The lowest BCUT2D eigenvalue weighted by Gasteiger charge is -2.25. The maximum atomic E-state index is 9.79. The molecule has 2 aliphatic carbocycles. The zero-order valence-corrected chi connectivity index (χ0v) is 13.7. The van der Waals surface area contributed by atoms with Crippen molar-refractivity contribution in [3.63, 3.8) is 0 Å². The number of benzene rings is 1. The van der Waals surface area contributed by atoms with Crippen molar-refractivity contribution in [1.29, 1.82) is 5.26 Å². The highest BCUT2D eigenvalue weighted by Crippen LogP contribution is 2.78. The summed E-state index contributed by atoms with van der Waals surface area (Å²) >= 11 is 0. The fourth-order valence-electron chi connectivity index (χ4n) is 4.35. The molecule has 2 saturated carbocycles. The van der Waals surface area contributed by atoms with Crippen molar-refractivity contribution in [2.45, 2.75) is 30.7 Å². The molecule has 1 saturated heterocycles. The van der Waals surface area contributed by atoms with Gasteiger partial charge in [-0.15, -0.1) is 0 Å². The molecular formula is C19H17N5O. The zero-order valence-electron chi connectivity index (χ0n) is 13.7. The minimum Gasteiger partial charge on any atom is -0.377 e. The fraction of sp³-hybridized carbons (Fsp3) is 0.421. The van der Waals surface area contributed by atoms with E-state index < -0.39 is 0 Å². The monoisotopic (exact) mass is 331 g/mol. The summed E-state index contributed by atoms with van der Waals surface area (Å²) in [6, 6.07) is 9.29. The number of nitriles is 1. The van der Waals surface area contributed by atoms with Gasteiger partial charge in [-0.05, 0) is 36.3 Å². The predicted octanol–water partition coefficient (Wildman–Crippen LogP) is 2.74. The van der Waals surface area contributed by atoms with Crippen molar-refractivity contribution in [2.24, 2.45) is 5.41 Å². The van der Waals surface area contributed by atoms with E-state index in [9.17, 15) is 5.26 Å². The molecule has 0 N–H and O–H groups in total. The van der Waals surface area contributed by atoms with Gasteiger partial charge in [0.2, 0.25) is 0 Å². The SMILES string of the molecule is N#C[C@]1(c2ccc3cnn(-c4cnn(C5COC5)c4)c3c2)CC12CC2. The highest BCUT2D eigenvalue weighted by atomic mass is 16.5. The molecule has 1 aliphatic heterocycles. The number of aromatic nitrogens is 4. The van der Waals surface area contributed by atoms with Crippen LogP contribution in [0.25, 0.3) is 16.6 Å². The first kappa shape index (κ1) is 13.6. The Morgan fingerprint density at radius 3 is 2.76 bits per heavy atom. The first-order chi connectivity index (χ1) is 12.2. The summed E-state index contributed by atoms with van der Waals surface area (Å²) in [7, 11) is 0. The summed E-state index contributed by atoms with van der Waals surface area (Å²) in [5, 5.41) is 19.9. The Balaban J connectivity index is 1.45. The van der Waals surface area contributed by atoms with Crippen molar-refractivity contribution < 1.29 is 4.74 Å². The second-order valence-electron chi connectivity index (χ2n) is 7.67. The van der Waals surface area contributed by atoms with E-state index in [1.165, 1.54) is 12.8 Å². The fourth-order valence-corrected chi connectivity index (χ4v) is 4.35. The largest absolute Gasteiger partial charge is 0.377 e. The maximum Gasteiger partial charge on any atom is 0.103 e. The predicted molar refractivity (Wildman–Crippen MR) is 90.3 cm³/mol. The van der Waals surface area contributed by atoms with Crippen LogP contribution >= 0.6 is 0 Å². The van der Waals surface area contributed by atoms with Gasteiger partial charge in [0.15, 0.2) is 0 Å². The molecule has 6 rings (SSSR count). The number of ether oxygens (including phenoxy) is 1. The maximum absolute atomic E-state index is 9.79. The Kier molecular flexibility index (Phi) is 2.34. The van der Waals surface area contributed by atoms with Crippen LogP contribution in [0.4, 0.5) is 0 Å². The van der Waals surface area contributed by atoms with Crippen molar-refractivity contribution >= 4 is 10.9 Å². The minimum atomic E-state index is -0.274. The molecular weight excluding hydrogens is 314 g/mol. The average molecular weight is 331 g/mol. The third-order valence-electron chi connectivity index (χ3n) is 6.32. The quantitative estimate of drug-likeness (QED) is 0.740. The molecule has 124 valence electrons. The molecule has 3 heterocycles. The summed E-state index contributed by atoms with van der Waals surface area (Å²) in [6.07, 6.45) is 9.13. The van der Waals surface area contributed by atoms with E-state index in [4.69, 9.17) is 4.74 Å². The molecule has 6 heteroatoms. The van der Waals surface area contributed by atoms with E-state index in [0.717, 1.165) is 41.8 Å². The molecule has 1 atom stereocenters. The summed E-state index contributed by atoms with van der Waals surface area (Å²) in [4.78, 5) is 0. The van der Waals surface area contributed by atoms with Crippen LogP contribution in [0.3, 0.4) is 0 Å². The average Bonchev–Trinajstić information content (AvgIpc) is 3.36. The summed E-state index contributed by atoms with van der Waals surface area (Å²) < 4.78 is 9.12. The number of rotatable bonds is 3. The van der Waals surface area contributed by atoms with E-state index in [2.05, 4.69) is 34.5 Å². The molecule has 1 aromatic carbocycles. The standard InChI is InChI=1S/C19H17N5O/c20-12-19(11-18(19)3-4-18)14-2-1-13-6-22-24(17(13)5-14)15-7-21-23(8-15)16-9-25-10-16/h1-2,5-8,16H,3-4,9-11H2/t19-/m0/s1. The highest BCUT2D eigenvalue weighted by molar-refractivity contribution is 5.82. The Morgan fingerprint density at radius 1 is 1.20 bits per heavy atom. The van der Waals surface area contributed by atoms with Gasteiger partial charge in [0.05, 0.1) is 54.8 Å². The van der Waals surface area contributed by atoms with Crippen LogP contribution in [0.15, 0.2) is 36.8 Å². The number of hydrogen-bond acceptors (Lipinski definition) is 4. The van der Waals surface area contributed by atoms with Gasteiger partial charge in [0.1, 0.15) is 5.69 Å². The van der Waals surface area contributed by atoms with Gasteiger partial charge in [-0.2, -0.15) is 15.5 Å². The van der Waals surface area contributed by atoms with Gasteiger partial charge in [0, 0.05) is 5.39 Å². The molecule has 0 unspecified atom stereocenters. The molecule has 3 aliphatic rings. The van der Waals surface area contributed by atoms with Gasteiger partial charge >= 0.3 is 0 Å². The van der Waals surface area contributed by atoms with E-state index >= 15 is 0 Å². The van der Waals surface area contributed by atoms with Gasteiger partial charge in [-0.3, -0.25) is 4.68 Å². The highest BCUT2D eigenvalue weighted by Gasteiger charge is 2.75. The van der Waals surface area contributed by atoms with Crippen LogP contribution in [-0.2, 0) is 10.2 Å². The second-order valence-corrected chi connectivity index (χ2v) is 7.67. The Labute approximate surface area is 144 Å². The Hall–Kier alpha value is -2.65. The minimum absolute atomic E-state index is 0.273. The lowest BCUT2D eigenvalue weighted by Crippen LogP contribution is -2.30. The molecule has 3 fully saturated rings. The van der Waals surface area contributed by atoms with Crippen LogP contribution in [0.1, 0.15) is 30.9 Å². The Morgan fingerprint density at radius 2 is 2.08 bits per heavy atom. The van der Waals surface area contributed by atoms with Gasteiger partial charge < -0.3 is 4.74 Å². The van der Waals surface area contributed by atoms with Gasteiger partial charge in [-0.25, -0.2) is 4.68 Å². The Bertz CT molecular complexity index is 1050. The zero-order chi connectivity index (χ0) is 16.6. The molecule has 25 heavy (non-hydrogen) atoms. The first-order valence-electron chi connectivity index (χ1n) is 8.77. The molecule has 2 aromatic heterocycles. The molecule has 3 aromatic rings. The number of hydrogen-bond donors (Lipinski definition) is 0. The van der Waals surface area contributed by atoms with E-state index in [0.29, 0.717) is 6.04 Å². The van der Waals surface area contributed by atoms with Gasteiger partial charge in [-0.1, -0.05) is 12.1 Å². The van der Waals surface area contributed by atoms with Crippen molar-refractivity contribution in [3.8, 4) is 11.8 Å². The van der Waals surface area contributed by atoms with Crippen LogP contribution in [-0.4, -0.2) is 32.8 Å². The number of nitrogens with zero attached hydrogens (tertiary/aromatic N) is 5. The van der Waals surface area contributed by atoms with E-state index in [-0.39, 0.29) is 10.8 Å². The smallest absolute Gasteiger partial charge is 0.103 e. The molecule has 0 radical (unpaired) electrons. The summed E-state index contributed by atoms with van der Waals surface area (Å²) in [5.41, 5.74) is 3.13. The van der Waals surface area contributed by atoms with Crippen LogP contribution in [0.2, 0.25) is 0 Å². The summed E-state index contributed by atoms with van der Waals surface area (Å²) in [6.45, 7) is 1.44. The molecule has 0 amide bonds. The lowest BCUT2D eigenvalue weighted by molar-refractivity contribution is -0.0286. The van der Waals surface area contributed by atoms with Crippen LogP contribution in [0, 0.1) is 16.7 Å². The van der Waals surface area contributed by atoms with Crippen molar-refractivity contribution in [3.05, 3.63) is 42.4 Å². The van der Waals surface area contributed by atoms with Crippen LogP contribution in [0.5, 0.6) is 0 Å². The van der Waals surface area contributed by atoms with Crippen LogP contribution < -0.4 is 0 Å². The normalized spacial score (nSPS) is 26.5. The van der Waals surface area contributed by atoms with Gasteiger partial charge in [0.25, 0.3) is 0 Å².